The van der Waals surface area contributed by atoms with Crippen molar-refractivity contribution in [3.63, 3.8) is 0 Å². The van der Waals surface area contributed by atoms with Gasteiger partial charge in [0.05, 0.1) is 5.92 Å². The number of rotatable bonds is 4. The van der Waals surface area contributed by atoms with Crippen molar-refractivity contribution >= 4 is 5.91 Å². The van der Waals surface area contributed by atoms with Gasteiger partial charge in [0, 0.05) is 6.54 Å². The molecule has 0 spiro atoms. The molecule has 0 fully saturated rings. The van der Waals surface area contributed by atoms with Crippen LogP contribution in [-0.4, -0.2) is 12.5 Å². The van der Waals surface area contributed by atoms with Gasteiger partial charge in [0.25, 0.3) is 0 Å². The van der Waals surface area contributed by atoms with Crippen LogP contribution in [0.4, 0.5) is 0 Å². The van der Waals surface area contributed by atoms with E-state index < -0.39 is 0 Å². The average molecular weight is 231 g/mol. The summed E-state index contributed by atoms with van der Waals surface area (Å²) in [5, 5.41) is 3.06. The number of benzene rings is 1. The van der Waals surface area contributed by atoms with Gasteiger partial charge in [-0.15, -0.1) is 0 Å². The van der Waals surface area contributed by atoms with Crippen molar-refractivity contribution in [2.75, 3.05) is 6.54 Å². The second kappa shape index (κ2) is 5.85. The third-order valence-electron chi connectivity index (χ3n) is 3.52. The van der Waals surface area contributed by atoms with Crippen molar-refractivity contribution < 1.29 is 4.79 Å². The monoisotopic (exact) mass is 231 g/mol. The zero-order valence-corrected chi connectivity index (χ0v) is 10.5. The highest BCUT2D eigenvalue weighted by Crippen LogP contribution is 2.31. The van der Waals surface area contributed by atoms with E-state index in [9.17, 15) is 4.79 Å². The van der Waals surface area contributed by atoms with E-state index in [4.69, 9.17) is 0 Å². The lowest BCUT2D eigenvalue weighted by Crippen LogP contribution is -2.32. The molecule has 92 valence electrons. The van der Waals surface area contributed by atoms with Gasteiger partial charge in [-0.3, -0.25) is 4.79 Å². The minimum absolute atomic E-state index is 0.0804. The molecule has 0 saturated heterocycles. The predicted molar refractivity (Wildman–Crippen MR) is 70.0 cm³/mol. The van der Waals surface area contributed by atoms with Crippen LogP contribution in [0.1, 0.15) is 49.7 Å². The summed E-state index contributed by atoms with van der Waals surface area (Å²) in [5.41, 5.74) is 2.60. The molecule has 1 atom stereocenters. The van der Waals surface area contributed by atoms with Crippen LogP contribution in [0.2, 0.25) is 0 Å². The van der Waals surface area contributed by atoms with Gasteiger partial charge >= 0.3 is 0 Å². The summed E-state index contributed by atoms with van der Waals surface area (Å²) in [7, 11) is 0. The summed E-state index contributed by atoms with van der Waals surface area (Å²) >= 11 is 0. The van der Waals surface area contributed by atoms with Gasteiger partial charge in [-0.25, -0.2) is 0 Å². The van der Waals surface area contributed by atoms with E-state index in [0.717, 1.165) is 38.6 Å². The molecule has 1 aromatic carbocycles. The van der Waals surface area contributed by atoms with Crippen LogP contribution < -0.4 is 5.32 Å². The third-order valence-corrected chi connectivity index (χ3v) is 3.52. The summed E-state index contributed by atoms with van der Waals surface area (Å²) in [6.45, 7) is 2.95. The zero-order valence-electron chi connectivity index (χ0n) is 10.5. The zero-order chi connectivity index (χ0) is 12.1. The smallest absolute Gasteiger partial charge is 0.227 e. The highest BCUT2D eigenvalue weighted by molar-refractivity contribution is 5.84. The fourth-order valence-electron chi connectivity index (χ4n) is 2.54. The first-order chi connectivity index (χ1) is 8.33. The van der Waals surface area contributed by atoms with Gasteiger partial charge in [0.1, 0.15) is 0 Å². The average Bonchev–Trinajstić information content (AvgIpc) is 2.38. The van der Waals surface area contributed by atoms with Crippen LogP contribution in [0.15, 0.2) is 24.3 Å². The van der Waals surface area contributed by atoms with Crippen molar-refractivity contribution in [2.24, 2.45) is 0 Å². The van der Waals surface area contributed by atoms with E-state index >= 15 is 0 Å². The van der Waals surface area contributed by atoms with E-state index in [1.165, 1.54) is 11.1 Å². The van der Waals surface area contributed by atoms with Crippen LogP contribution in [-0.2, 0) is 11.2 Å². The first kappa shape index (κ1) is 12.2. The summed E-state index contributed by atoms with van der Waals surface area (Å²) in [6, 6.07) is 8.37. The normalized spacial score (nSPS) is 18.5. The largest absolute Gasteiger partial charge is 0.356 e. The number of aryl methyl sites for hydroxylation is 1. The molecule has 1 aromatic rings. The number of hydrogen-bond donors (Lipinski definition) is 1. The van der Waals surface area contributed by atoms with Crippen molar-refractivity contribution in [3.8, 4) is 0 Å². The Morgan fingerprint density at radius 2 is 2.24 bits per heavy atom. The van der Waals surface area contributed by atoms with Crippen LogP contribution in [0.25, 0.3) is 0 Å². The second-order valence-electron chi connectivity index (χ2n) is 4.79. The van der Waals surface area contributed by atoms with Crippen molar-refractivity contribution in [1.29, 1.82) is 0 Å². The Balaban J connectivity index is 2.05. The first-order valence-corrected chi connectivity index (χ1v) is 6.68. The molecule has 0 aromatic heterocycles. The molecular weight excluding hydrogens is 210 g/mol. The number of hydrogen-bond acceptors (Lipinski definition) is 1. The molecule has 17 heavy (non-hydrogen) atoms. The summed E-state index contributed by atoms with van der Waals surface area (Å²) < 4.78 is 0. The lowest BCUT2D eigenvalue weighted by Gasteiger charge is -2.24. The molecule has 0 bridgehead atoms. The first-order valence-electron chi connectivity index (χ1n) is 6.68. The number of carbonyl (C=O) groups is 1. The van der Waals surface area contributed by atoms with Gasteiger partial charge in [-0.1, -0.05) is 37.6 Å². The van der Waals surface area contributed by atoms with Gasteiger partial charge in [-0.05, 0) is 36.8 Å². The maximum Gasteiger partial charge on any atom is 0.227 e. The molecular formula is C15H21NO. The Morgan fingerprint density at radius 3 is 3.06 bits per heavy atom. The number of nitrogens with one attached hydrogen (secondary N) is 1. The maximum atomic E-state index is 12.1. The van der Waals surface area contributed by atoms with E-state index in [2.05, 4.69) is 30.4 Å². The van der Waals surface area contributed by atoms with Crippen LogP contribution in [0, 0.1) is 0 Å². The van der Waals surface area contributed by atoms with E-state index in [0.29, 0.717) is 0 Å². The highest BCUT2D eigenvalue weighted by atomic mass is 16.1. The molecule has 2 rings (SSSR count). The van der Waals surface area contributed by atoms with Crippen molar-refractivity contribution in [1.82, 2.24) is 5.32 Å². The topological polar surface area (TPSA) is 29.1 Å². The minimum Gasteiger partial charge on any atom is -0.356 e. The van der Waals surface area contributed by atoms with Crippen LogP contribution in [0.3, 0.4) is 0 Å². The van der Waals surface area contributed by atoms with E-state index in [1.54, 1.807) is 0 Å². The maximum absolute atomic E-state index is 12.1. The Hall–Kier alpha value is -1.31. The van der Waals surface area contributed by atoms with Gasteiger partial charge in [0.15, 0.2) is 0 Å². The quantitative estimate of drug-likeness (QED) is 0.793. The minimum atomic E-state index is 0.0804. The lowest BCUT2D eigenvalue weighted by molar-refractivity contribution is -0.122. The summed E-state index contributed by atoms with van der Waals surface area (Å²) in [4.78, 5) is 12.1. The third kappa shape index (κ3) is 2.87. The van der Waals surface area contributed by atoms with Gasteiger partial charge < -0.3 is 5.32 Å². The Labute approximate surface area is 103 Å². The molecule has 0 saturated carbocycles. The molecule has 1 aliphatic carbocycles. The standard InChI is InChI=1S/C15H21NO/c1-2-3-11-16-15(17)14-10-6-8-12-7-4-5-9-13(12)14/h4-5,7,9,14H,2-3,6,8,10-11H2,1H3,(H,16,17). The lowest BCUT2D eigenvalue weighted by atomic mass is 9.82. The molecule has 0 aliphatic heterocycles. The Kier molecular flexibility index (Phi) is 4.18. The molecule has 1 amide bonds. The van der Waals surface area contributed by atoms with Crippen LogP contribution >= 0.6 is 0 Å². The fourth-order valence-corrected chi connectivity index (χ4v) is 2.54. The second-order valence-corrected chi connectivity index (χ2v) is 4.79. The molecule has 1 aliphatic rings. The SMILES string of the molecule is CCCCNC(=O)C1CCCc2ccccc21. The number of fused-ring (bicyclic) bond motifs is 1. The number of amides is 1. The van der Waals surface area contributed by atoms with E-state index in [1.807, 2.05) is 6.07 Å². The molecule has 0 heterocycles. The number of carbonyl (C=O) groups excluding carboxylic acids is 1. The number of unbranched alkanes of at least 4 members (excludes halogenated alkanes) is 1. The molecule has 2 nitrogen and oxygen atoms in total. The predicted octanol–water partition coefficient (Wildman–Crippen LogP) is 3.02. The van der Waals surface area contributed by atoms with Gasteiger partial charge in [-0.2, -0.15) is 0 Å². The molecule has 0 radical (unpaired) electrons. The van der Waals surface area contributed by atoms with Crippen molar-refractivity contribution in [3.05, 3.63) is 35.4 Å². The molecule has 1 N–H and O–H groups in total. The summed E-state index contributed by atoms with van der Waals surface area (Å²) in [5.74, 6) is 0.294. The fraction of sp³-hybridized carbons (Fsp3) is 0.533. The molecule has 2 heteroatoms. The van der Waals surface area contributed by atoms with Crippen LogP contribution in [0.5, 0.6) is 0 Å². The van der Waals surface area contributed by atoms with E-state index in [-0.39, 0.29) is 11.8 Å². The Bertz CT molecular complexity index is 386. The van der Waals surface area contributed by atoms with Gasteiger partial charge in [0.2, 0.25) is 5.91 Å². The van der Waals surface area contributed by atoms with Crippen molar-refractivity contribution in [2.45, 2.75) is 44.9 Å². The summed E-state index contributed by atoms with van der Waals surface area (Å²) in [6.07, 6.45) is 5.44. The Morgan fingerprint density at radius 1 is 1.41 bits per heavy atom. The molecule has 1 unspecified atom stereocenters. The highest BCUT2D eigenvalue weighted by Gasteiger charge is 2.25.